The Morgan fingerprint density at radius 1 is 1.25 bits per heavy atom. The molecule has 7 nitrogen and oxygen atoms in total. The third kappa shape index (κ3) is 6.09. The summed E-state index contributed by atoms with van der Waals surface area (Å²) in [4.78, 5) is 15.3. The molecule has 0 saturated carbocycles. The fourth-order valence-electron chi connectivity index (χ4n) is 3.66. The maximum Gasteiger partial charge on any atom is 0.221 e. The van der Waals surface area contributed by atoms with Gasteiger partial charge in [0.05, 0.1) is 19.5 Å². The van der Waals surface area contributed by atoms with Crippen molar-refractivity contribution in [2.24, 2.45) is 0 Å². The maximum atomic E-state index is 11.1. The average molecular weight is 456 g/mol. The van der Waals surface area contributed by atoms with E-state index >= 15 is 0 Å². The Morgan fingerprint density at radius 3 is 2.72 bits per heavy atom. The van der Waals surface area contributed by atoms with Crippen molar-refractivity contribution in [1.82, 2.24) is 9.55 Å². The van der Waals surface area contributed by atoms with Gasteiger partial charge in [-0.15, -0.1) is 0 Å². The Morgan fingerprint density at radius 2 is 2.03 bits per heavy atom. The molecule has 0 bridgehead atoms. The minimum absolute atomic E-state index is 0.108. The summed E-state index contributed by atoms with van der Waals surface area (Å²) in [5.41, 5.74) is 1.90. The van der Waals surface area contributed by atoms with Crippen molar-refractivity contribution >= 4 is 23.2 Å². The van der Waals surface area contributed by atoms with E-state index in [1.165, 1.54) is 12.5 Å². The largest absolute Gasteiger partial charge is 0.491 e. The first kappa shape index (κ1) is 22.3. The van der Waals surface area contributed by atoms with Gasteiger partial charge in [0.2, 0.25) is 5.91 Å². The van der Waals surface area contributed by atoms with Crippen LogP contribution in [0.1, 0.15) is 18.9 Å². The van der Waals surface area contributed by atoms with E-state index in [4.69, 9.17) is 25.8 Å². The molecule has 32 heavy (non-hydrogen) atoms. The van der Waals surface area contributed by atoms with Crippen LogP contribution in [0.4, 0.5) is 5.69 Å². The van der Waals surface area contributed by atoms with Crippen LogP contribution in [0, 0.1) is 0 Å². The molecule has 1 saturated heterocycles. The van der Waals surface area contributed by atoms with E-state index in [1.54, 1.807) is 24.7 Å². The molecule has 4 rings (SSSR count). The molecule has 0 radical (unpaired) electrons. The second-order valence-electron chi connectivity index (χ2n) is 7.84. The van der Waals surface area contributed by atoms with Crippen molar-refractivity contribution in [3.05, 3.63) is 77.8 Å². The number of amides is 1. The SMILES string of the molecule is CC(=O)Nc1ccc(OC[C@@H]2CO[C@](CCc3ccc(Cl)cc3)(Cn3ccnc3)O2)cc1. The van der Waals surface area contributed by atoms with Gasteiger partial charge in [0.25, 0.3) is 0 Å². The summed E-state index contributed by atoms with van der Waals surface area (Å²) >= 11 is 6.00. The molecule has 1 amide bonds. The highest BCUT2D eigenvalue weighted by Crippen LogP contribution is 2.31. The predicted molar refractivity (Wildman–Crippen MR) is 122 cm³/mol. The van der Waals surface area contributed by atoms with Gasteiger partial charge in [-0.05, 0) is 48.4 Å². The normalized spacial score (nSPS) is 20.2. The quantitative estimate of drug-likeness (QED) is 0.520. The maximum absolute atomic E-state index is 11.1. The second kappa shape index (κ2) is 10.2. The van der Waals surface area contributed by atoms with E-state index in [0.717, 1.165) is 17.1 Å². The first-order valence-corrected chi connectivity index (χ1v) is 10.9. The van der Waals surface area contributed by atoms with Crippen LogP contribution in [0.25, 0.3) is 0 Å². The number of rotatable bonds is 9. The van der Waals surface area contributed by atoms with Gasteiger partial charge < -0.3 is 24.1 Å². The molecule has 1 N–H and O–H groups in total. The summed E-state index contributed by atoms with van der Waals surface area (Å²) < 4.78 is 20.5. The smallest absolute Gasteiger partial charge is 0.221 e. The van der Waals surface area contributed by atoms with Crippen molar-refractivity contribution in [1.29, 1.82) is 0 Å². The Balaban J connectivity index is 1.36. The third-order valence-corrected chi connectivity index (χ3v) is 5.47. The van der Waals surface area contributed by atoms with Gasteiger partial charge in [-0.2, -0.15) is 0 Å². The zero-order chi connectivity index (χ0) is 22.4. The molecule has 1 fully saturated rings. The zero-order valence-corrected chi connectivity index (χ0v) is 18.6. The lowest BCUT2D eigenvalue weighted by atomic mass is 10.0. The number of nitrogens with zero attached hydrogens (tertiary/aromatic N) is 2. The van der Waals surface area contributed by atoms with E-state index < -0.39 is 5.79 Å². The number of anilines is 1. The van der Waals surface area contributed by atoms with Crippen LogP contribution in [-0.4, -0.2) is 40.6 Å². The number of nitrogens with one attached hydrogen (secondary N) is 1. The standard InChI is InChI=1S/C24H26ClN3O4/c1-18(29)27-21-6-8-22(9-7-21)30-14-23-15-31-24(32-23,16-28-13-12-26-17-28)11-10-19-2-4-20(25)5-3-19/h2-9,12-13,17,23H,10-11,14-16H2,1H3,(H,27,29)/t23-,24+/m1/s1. The molecule has 2 atom stereocenters. The first-order chi connectivity index (χ1) is 15.5. The lowest BCUT2D eigenvalue weighted by Crippen LogP contribution is -2.37. The minimum Gasteiger partial charge on any atom is -0.491 e. The van der Waals surface area contributed by atoms with Crippen molar-refractivity contribution in [2.75, 3.05) is 18.5 Å². The summed E-state index contributed by atoms with van der Waals surface area (Å²) in [6.45, 7) is 2.83. The number of aryl methyl sites for hydroxylation is 1. The number of carbonyl (C=O) groups is 1. The molecule has 1 aliphatic rings. The van der Waals surface area contributed by atoms with Crippen LogP contribution in [0.15, 0.2) is 67.3 Å². The number of benzene rings is 2. The number of ether oxygens (including phenoxy) is 3. The molecule has 0 unspecified atom stereocenters. The fraction of sp³-hybridized carbons (Fsp3) is 0.333. The van der Waals surface area contributed by atoms with Crippen LogP contribution < -0.4 is 10.1 Å². The molecule has 168 valence electrons. The van der Waals surface area contributed by atoms with Gasteiger partial charge in [-0.1, -0.05) is 23.7 Å². The predicted octanol–water partition coefficient (Wildman–Crippen LogP) is 4.32. The van der Waals surface area contributed by atoms with Crippen LogP contribution in [-0.2, 0) is 27.2 Å². The van der Waals surface area contributed by atoms with Crippen molar-refractivity contribution < 1.29 is 19.0 Å². The average Bonchev–Trinajstić information content (AvgIpc) is 3.43. The van der Waals surface area contributed by atoms with Crippen LogP contribution >= 0.6 is 11.6 Å². The highest BCUT2D eigenvalue weighted by molar-refractivity contribution is 6.30. The van der Waals surface area contributed by atoms with Gasteiger partial charge in [0.15, 0.2) is 5.79 Å². The van der Waals surface area contributed by atoms with Crippen molar-refractivity contribution in [2.45, 2.75) is 38.2 Å². The molecular formula is C24H26ClN3O4. The van der Waals surface area contributed by atoms with Crippen LogP contribution in [0.5, 0.6) is 5.75 Å². The highest BCUT2D eigenvalue weighted by Gasteiger charge is 2.42. The summed E-state index contributed by atoms with van der Waals surface area (Å²) in [5.74, 6) is -0.164. The summed E-state index contributed by atoms with van der Waals surface area (Å²) in [6, 6.07) is 15.1. The number of carbonyl (C=O) groups excluding carboxylic acids is 1. The summed E-state index contributed by atoms with van der Waals surface area (Å²) in [7, 11) is 0. The Kier molecular flexibility index (Phi) is 7.09. The lowest BCUT2D eigenvalue weighted by molar-refractivity contribution is -0.184. The van der Waals surface area contributed by atoms with E-state index in [-0.39, 0.29) is 12.0 Å². The number of hydrogen-bond donors (Lipinski definition) is 1. The first-order valence-electron chi connectivity index (χ1n) is 10.5. The summed E-state index contributed by atoms with van der Waals surface area (Å²) in [5, 5.41) is 3.46. The van der Waals surface area contributed by atoms with Gasteiger partial charge in [-0.3, -0.25) is 4.79 Å². The van der Waals surface area contributed by atoms with Crippen LogP contribution in [0.3, 0.4) is 0 Å². The second-order valence-corrected chi connectivity index (χ2v) is 8.28. The molecule has 0 spiro atoms. The lowest BCUT2D eigenvalue weighted by Gasteiger charge is -2.28. The van der Waals surface area contributed by atoms with E-state index in [9.17, 15) is 4.79 Å². The van der Waals surface area contributed by atoms with Crippen molar-refractivity contribution in [3.8, 4) is 5.75 Å². The molecule has 2 aromatic carbocycles. The number of halogens is 1. The Hall–Kier alpha value is -2.87. The fourth-order valence-corrected chi connectivity index (χ4v) is 3.79. The molecule has 3 aromatic rings. The Labute approximate surface area is 192 Å². The summed E-state index contributed by atoms with van der Waals surface area (Å²) in [6.07, 6.45) is 6.69. The van der Waals surface area contributed by atoms with Gasteiger partial charge >= 0.3 is 0 Å². The molecule has 0 aliphatic carbocycles. The molecule has 8 heteroatoms. The molecule has 1 aromatic heterocycles. The zero-order valence-electron chi connectivity index (χ0n) is 17.9. The minimum atomic E-state index is -0.760. The number of hydrogen-bond acceptors (Lipinski definition) is 5. The van der Waals surface area contributed by atoms with Gasteiger partial charge in [0.1, 0.15) is 18.5 Å². The number of aromatic nitrogens is 2. The van der Waals surface area contributed by atoms with E-state index in [1.807, 2.05) is 47.2 Å². The van der Waals surface area contributed by atoms with Crippen LogP contribution in [0.2, 0.25) is 5.02 Å². The van der Waals surface area contributed by atoms with Crippen molar-refractivity contribution in [3.63, 3.8) is 0 Å². The number of imidazole rings is 1. The molecular weight excluding hydrogens is 430 g/mol. The monoisotopic (exact) mass is 455 g/mol. The topological polar surface area (TPSA) is 74.6 Å². The molecule has 2 heterocycles. The Bertz CT molecular complexity index is 1010. The molecule has 1 aliphatic heterocycles. The highest BCUT2D eigenvalue weighted by atomic mass is 35.5. The van der Waals surface area contributed by atoms with Gasteiger partial charge in [-0.25, -0.2) is 4.98 Å². The van der Waals surface area contributed by atoms with Gasteiger partial charge in [0, 0.05) is 36.4 Å². The van der Waals surface area contributed by atoms with E-state index in [0.29, 0.717) is 31.9 Å². The van der Waals surface area contributed by atoms with E-state index in [2.05, 4.69) is 10.3 Å². The third-order valence-electron chi connectivity index (χ3n) is 5.21.